The first-order valence-electron chi connectivity index (χ1n) is 10.3. The molecule has 0 aromatic heterocycles. The van der Waals surface area contributed by atoms with Gasteiger partial charge in [0, 0.05) is 0 Å². The second-order valence-electron chi connectivity index (χ2n) is 8.03. The minimum absolute atomic E-state index is 0.553. The molecule has 1 saturated heterocycles. The van der Waals surface area contributed by atoms with E-state index in [2.05, 4.69) is 60.7 Å². The molecule has 5 rings (SSSR count). The fraction of sp³-hybridized carbons (Fsp3) is 0.273. The summed E-state index contributed by atoms with van der Waals surface area (Å²) in [4.78, 5) is 0. The molecule has 0 spiro atoms. The molecule has 1 aliphatic heterocycles. The number of hydrogen-bond acceptors (Lipinski definition) is 6. The SMILES string of the molecule is C1=C2CCC3=Cc4ccccc4[CH]3[Zr+2][CH]2c2ccccc21.O=S(=O)([O-])C(F)(F)F.O=S(=O)([O-])C(F)(F)F. The van der Waals surface area contributed by atoms with E-state index >= 15 is 0 Å². The maximum atomic E-state index is 10.7. The number of rotatable bonds is 0. The van der Waals surface area contributed by atoms with Crippen molar-refractivity contribution in [1.29, 1.82) is 0 Å². The third-order valence-corrected chi connectivity index (χ3v) is 11.8. The zero-order valence-corrected chi connectivity index (χ0v) is 22.5. The van der Waals surface area contributed by atoms with Gasteiger partial charge in [-0.2, -0.15) is 26.3 Å². The van der Waals surface area contributed by atoms with Crippen LogP contribution in [0, 0.1) is 0 Å². The van der Waals surface area contributed by atoms with Crippen LogP contribution in [-0.4, -0.2) is 37.0 Å². The van der Waals surface area contributed by atoms with E-state index in [1.54, 1.807) is 22.3 Å². The van der Waals surface area contributed by atoms with E-state index in [9.17, 15) is 26.3 Å². The number of alkyl halides is 6. The van der Waals surface area contributed by atoms with Gasteiger partial charge >= 0.3 is 148 Å². The normalized spacial score (nSPS) is 19.9. The van der Waals surface area contributed by atoms with Crippen LogP contribution in [0.2, 0.25) is 0 Å². The third-order valence-electron chi connectivity index (χ3n) is 5.64. The largest absolute Gasteiger partial charge is 0.741 e. The molecule has 1 heterocycles. The Morgan fingerprint density at radius 3 is 1.24 bits per heavy atom. The first kappa shape index (κ1) is 29.8. The van der Waals surface area contributed by atoms with Crippen molar-refractivity contribution in [2.45, 2.75) is 31.1 Å². The summed E-state index contributed by atoms with van der Waals surface area (Å²) in [7, 11) is -12.2. The molecule has 1 fully saturated rings. The Labute approximate surface area is 220 Å². The molecule has 198 valence electrons. The van der Waals surface area contributed by atoms with Crippen molar-refractivity contribution in [3.63, 3.8) is 0 Å². The van der Waals surface area contributed by atoms with Crippen molar-refractivity contribution in [2.75, 3.05) is 0 Å². The average Bonchev–Trinajstić information content (AvgIpc) is 3.23. The van der Waals surface area contributed by atoms with Crippen LogP contribution in [0.15, 0.2) is 59.7 Å². The van der Waals surface area contributed by atoms with Gasteiger partial charge in [-0.25, -0.2) is 16.8 Å². The first-order chi connectivity index (χ1) is 16.9. The van der Waals surface area contributed by atoms with E-state index in [0.29, 0.717) is 0 Å². The van der Waals surface area contributed by atoms with Gasteiger partial charge in [-0.15, -0.1) is 0 Å². The third kappa shape index (κ3) is 7.00. The van der Waals surface area contributed by atoms with Crippen LogP contribution in [0.3, 0.4) is 0 Å². The van der Waals surface area contributed by atoms with Crippen molar-refractivity contribution in [3.05, 3.63) is 81.9 Å². The average molecular weight is 646 g/mol. The van der Waals surface area contributed by atoms with Crippen LogP contribution in [0.25, 0.3) is 12.2 Å². The summed E-state index contributed by atoms with van der Waals surface area (Å²) in [5.41, 5.74) is -1.57. The molecule has 37 heavy (non-hydrogen) atoms. The summed E-state index contributed by atoms with van der Waals surface area (Å²) in [5, 5.41) is 0. The molecule has 15 heteroatoms. The molecular weight excluding hydrogens is 630 g/mol. The van der Waals surface area contributed by atoms with Crippen LogP contribution < -0.4 is 0 Å². The Morgan fingerprint density at radius 1 is 0.649 bits per heavy atom. The molecule has 0 radical (unpaired) electrons. The van der Waals surface area contributed by atoms with Gasteiger partial charge in [0.1, 0.15) is 0 Å². The van der Waals surface area contributed by atoms with E-state index in [0.717, 1.165) is 7.25 Å². The van der Waals surface area contributed by atoms with Crippen molar-refractivity contribution < 1.29 is 75.5 Å². The Bertz CT molecular complexity index is 1340. The Hall–Kier alpha value is -1.80. The Morgan fingerprint density at radius 2 is 0.946 bits per heavy atom. The van der Waals surface area contributed by atoms with Crippen LogP contribution >= 0.6 is 0 Å². The fourth-order valence-electron chi connectivity index (χ4n) is 4.06. The maximum absolute atomic E-state index is 10.7. The number of fused-ring (bicyclic) bond motifs is 6. The first-order valence-corrected chi connectivity index (χ1v) is 15.9. The quantitative estimate of drug-likeness (QED) is 0.220. The van der Waals surface area contributed by atoms with Crippen LogP contribution in [-0.2, 0) is 43.5 Å². The molecular formula is C22H16F6O6S2Zr. The smallest absolute Gasteiger partial charge is 0.485 e. The molecule has 0 saturated carbocycles. The summed E-state index contributed by atoms with van der Waals surface area (Å²) in [6.45, 7) is 0. The second-order valence-corrected chi connectivity index (χ2v) is 14.4. The molecule has 2 aliphatic carbocycles. The zero-order chi connectivity index (χ0) is 27.8. The zero-order valence-electron chi connectivity index (χ0n) is 18.4. The van der Waals surface area contributed by atoms with Crippen molar-refractivity contribution in [1.82, 2.24) is 0 Å². The molecule has 0 amide bonds. The molecule has 6 nitrogen and oxygen atoms in total. The van der Waals surface area contributed by atoms with E-state index in [4.69, 9.17) is 25.9 Å². The topological polar surface area (TPSA) is 114 Å². The molecule has 0 N–H and O–H groups in total. The van der Waals surface area contributed by atoms with Gasteiger partial charge in [-0.3, -0.25) is 0 Å². The van der Waals surface area contributed by atoms with Crippen molar-refractivity contribution in [2.24, 2.45) is 0 Å². The van der Waals surface area contributed by atoms with Gasteiger partial charge in [-0.05, 0) is 0 Å². The minimum atomic E-state index is -6.09. The molecule has 3 aliphatic rings. The Balaban J connectivity index is 0.000000199. The summed E-state index contributed by atoms with van der Waals surface area (Å²) < 4.78 is 119. The van der Waals surface area contributed by atoms with Gasteiger partial charge in [0.05, 0.1) is 0 Å². The van der Waals surface area contributed by atoms with E-state index in [-0.39, 0.29) is 0 Å². The van der Waals surface area contributed by atoms with Gasteiger partial charge in [-0.1, -0.05) is 0 Å². The van der Waals surface area contributed by atoms with Crippen LogP contribution in [0.4, 0.5) is 26.3 Å². The van der Waals surface area contributed by atoms with E-state index in [1.165, 1.54) is 24.0 Å². The summed E-state index contributed by atoms with van der Waals surface area (Å²) in [6, 6.07) is 18.2. The van der Waals surface area contributed by atoms with Gasteiger partial charge in [0.15, 0.2) is 20.2 Å². The van der Waals surface area contributed by atoms with Gasteiger partial charge < -0.3 is 9.11 Å². The van der Waals surface area contributed by atoms with E-state index in [1.807, 2.05) is 0 Å². The molecule has 0 bridgehead atoms. The number of allylic oxidation sites excluding steroid dienone is 2. The summed E-state index contributed by atoms with van der Waals surface area (Å²) >= 11 is -0.553. The van der Waals surface area contributed by atoms with E-state index < -0.39 is 54.5 Å². The molecule has 2 atom stereocenters. The maximum Gasteiger partial charge on any atom is 0.485 e. The summed E-state index contributed by atoms with van der Waals surface area (Å²) in [6.07, 6.45) is 7.54. The second kappa shape index (κ2) is 10.8. The van der Waals surface area contributed by atoms with Crippen LogP contribution in [0.1, 0.15) is 42.3 Å². The Kier molecular flexibility index (Phi) is 8.65. The number of benzene rings is 2. The van der Waals surface area contributed by atoms with Crippen molar-refractivity contribution in [3.8, 4) is 0 Å². The number of hydrogen-bond donors (Lipinski definition) is 0. The number of halogens is 6. The summed E-state index contributed by atoms with van der Waals surface area (Å²) in [5.74, 6) is 0. The fourth-order valence-corrected chi connectivity index (χ4v) is 9.22. The monoisotopic (exact) mass is 644 g/mol. The minimum Gasteiger partial charge on any atom is -0.741 e. The standard InChI is InChI=1S/C20H16.2CHF3O3S.Zr/c1-2-6-18-12-15(11-17(18)5-1)9-10-16-13-19-7-3-4-8-20(19)14-16;2*2-1(3,4)8(5,6)7;/h1-8,11-14H,9-10H2;2*(H,5,6,7);/q;;;+2/p-2. The van der Waals surface area contributed by atoms with Crippen molar-refractivity contribution >= 4 is 32.4 Å². The van der Waals surface area contributed by atoms with Gasteiger partial charge in [0.25, 0.3) is 0 Å². The predicted octanol–water partition coefficient (Wildman–Crippen LogP) is 5.24. The van der Waals surface area contributed by atoms with Crippen LogP contribution in [0.5, 0.6) is 0 Å². The molecule has 2 aromatic rings. The predicted molar refractivity (Wildman–Crippen MR) is 115 cm³/mol. The molecule has 2 aromatic carbocycles. The molecule has 2 unspecified atom stereocenters. The van der Waals surface area contributed by atoms with Gasteiger partial charge in [0.2, 0.25) is 0 Å².